The molecule has 0 fully saturated rings. The van der Waals surface area contributed by atoms with E-state index >= 15 is 0 Å². The van der Waals surface area contributed by atoms with E-state index in [0.29, 0.717) is 5.13 Å². The fourth-order valence-electron chi connectivity index (χ4n) is 2.07. The number of benzene rings is 1. The number of thiazole rings is 1. The number of rotatable bonds is 4. The molecule has 0 aliphatic heterocycles. The molecule has 5 heteroatoms. The molecule has 0 spiro atoms. The topological polar surface area (TPSA) is 46.9 Å². The van der Waals surface area contributed by atoms with Gasteiger partial charge in [-0.15, -0.1) is 11.3 Å². The Kier molecular flexibility index (Phi) is 3.60. The Morgan fingerprint density at radius 2 is 1.90 bits per heavy atom. The first-order valence-electron chi connectivity index (χ1n) is 6.22. The lowest BCUT2D eigenvalue weighted by molar-refractivity contribution is -0.118. The fraction of sp³-hybridized carbons (Fsp3) is 0.0667. The van der Waals surface area contributed by atoms with Crippen molar-refractivity contribution in [2.75, 3.05) is 5.32 Å². The Hall–Kier alpha value is -2.40. The van der Waals surface area contributed by atoms with Crippen molar-refractivity contribution in [2.24, 2.45) is 0 Å². The number of carbonyl (C=O) groups excluding carboxylic acids is 1. The van der Waals surface area contributed by atoms with Crippen molar-refractivity contribution in [2.45, 2.75) is 6.04 Å². The molecule has 0 unspecified atom stereocenters. The molecular formula is C15H13N3OS. The number of anilines is 1. The Bertz CT molecular complexity index is 662. The summed E-state index contributed by atoms with van der Waals surface area (Å²) < 4.78 is 1.89. The van der Waals surface area contributed by atoms with Crippen molar-refractivity contribution in [1.82, 2.24) is 9.55 Å². The molecule has 1 atom stereocenters. The van der Waals surface area contributed by atoms with Crippen molar-refractivity contribution in [3.05, 3.63) is 72.0 Å². The molecular weight excluding hydrogens is 270 g/mol. The van der Waals surface area contributed by atoms with Crippen LogP contribution in [0, 0.1) is 0 Å². The molecule has 1 amide bonds. The summed E-state index contributed by atoms with van der Waals surface area (Å²) in [7, 11) is 0. The number of carbonyl (C=O) groups is 1. The van der Waals surface area contributed by atoms with Crippen LogP contribution in [0.4, 0.5) is 5.13 Å². The van der Waals surface area contributed by atoms with Crippen LogP contribution < -0.4 is 5.32 Å². The van der Waals surface area contributed by atoms with Gasteiger partial charge in [-0.1, -0.05) is 30.3 Å². The minimum Gasteiger partial charge on any atom is -0.338 e. The molecule has 0 saturated carbocycles. The van der Waals surface area contributed by atoms with Gasteiger partial charge in [-0.3, -0.25) is 10.1 Å². The smallest absolute Gasteiger partial charge is 0.253 e. The minimum atomic E-state index is -0.393. The highest BCUT2D eigenvalue weighted by Crippen LogP contribution is 2.21. The second-order valence-corrected chi connectivity index (χ2v) is 5.16. The van der Waals surface area contributed by atoms with Gasteiger partial charge in [0.2, 0.25) is 0 Å². The highest BCUT2D eigenvalue weighted by Gasteiger charge is 2.22. The van der Waals surface area contributed by atoms with E-state index in [0.717, 1.165) is 5.56 Å². The van der Waals surface area contributed by atoms with Crippen molar-refractivity contribution in [3.8, 4) is 0 Å². The lowest BCUT2D eigenvalue weighted by atomic mass is 10.1. The van der Waals surface area contributed by atoms with E-state index < -0.39 is 6.04 Å². The summed E-state index contributed by atoms with van der Waals surface area (Å²) in [6.45, 7) is 0. The van der Waals surface area contributed by atoms with Gasteiger partial charge in [0.05, 0.1) is 0 Å². The first-order valence-corrected chi connectivity index (χ1v) is 7.10. The Labute approximate surface area is 120 Å². The number of aromatic nitrogens is 2. The van der Waals surface area contributed by atoms with E-state index in [2.05, 4.69) is 10.3 Å². The molecule has 3 aromatic rings. The molecule has 1 N–H and O–H groups in total. The van der Waals surface area contributed by atoms with Gasteiger partial charge in [-0.2, -0.15) is 0 Å². The van der Waals surface area contributed by atoms with E-state index in [4.69, 9.17) is 0 Å². The summed E-state index contributed by atoms with van der Waals surface area (Å²) in [5.74, 6) is -0.0950. The monoisotopic (exact) mass is 283 g/mol. The minimum absolute atomic E-state index is 0.0950. The first-order chi connectivity index (χ1) is 9.84. The Balaban J connectivity index is 1.92. The largest absolute Gasteiger partial charge is 0.338 e. The molecule has 0 aliphatic rings. The highest BCUT2D eigenvalue weighted by atomic mass is 32.1. The van der Waals surface area contributed by atoms with Crippen LogP contribution in [0.15, 0.2) is 66.4 Å². The second kappa shape index (κ2) is 5.71. The summed E-state index contributed by atoms with van der Waals surface area (Å²) in [5, 5.41) is 5.31. The number of nitrogens with zero attached hydrogens (tertiary/aromatic N) is 2. The van der Waals surface area contributed by atoms with Crippen molar-refractivity contribution in [1.29, 1.82) is 0 Å². The zero-order valence-corrected chi connectivity index (χ0v) is 11.5. The average molecular weight is 283 g/mol. The maximum absolute atomic E-state index is 12.5. The summed E-state index contributed by atoms with van der Waals surface area (Å²) in [5.41, 5.74) is 0.942. The van der Waals surface area contributed by atoms with Crippen molar-refractivity contribution >= 4 is 22.4 Å². The number of amides is 1. The maximum Gasteiger partial charge on any atom is 0.253 e. The summed E-state index contributed by atoms with van der Waals surface area (Å²) in [6, 6.07) is 13.1. The summed E-state index contributed by atoms with van der Waals surface area (Å²) >= 11 is 1.41. The van der Waals surface area contributed by atoms with E-state index in [1.54, 1.807) is 6.20 Å². The van der Waals surface area contributed by atoms with Crippen LogP contribution >= 0.6 is 11.3 Å². The predicted octanol–water partition coefficient (Wildman–Crippen LogP) is 3.17. The normalized spacial score (nSPS) is 12.0. The average Bonchev–Trinajstić information content (AvgIpc) is 3.14. The lowest BCUT2D eigenvalue weighted by Crippen LogP contribution is -2.26. The van der Waals surface area contributed by atoms with Crippen LogP contribution in [0.1, 0.15) is 11.6 Å². The fourth-order valence-corrected chi connectivity index (χ4v) is 2.60. The lowest BCUT2D eigenvalue weighted by Gasteiger charge is -2.18. The quantitative estimate of drug-likeness (QED) is 0.799. The summed E-state index contributed by atoms with van der Waals surface area (Å²) in [4.78, 5) is 16.6. The van der Waals surface area contributed by atoms with Gasteiger partial charge >= 0.3 is 0 Å². The highest BCUT2D eigenvalue weighted by molar-refractivity contribution is 7.13. The molecule has 1 aromatic carbocycles. The molecule has 0 aliphatic carbocycles. The van der Waals surface area contributed by atoms with E-state index in [9.17, 15) is 4.79 Å². The molecule has 0 saturated heterocycles. The molecule has 0 bridgehead atoms. The zero-order valence-electron chi connectivity index (χ0n) is 10.6. The van der Waals surface area contributed by atoms with Crippen LogP contribution in [-0.4, -0.2) is 15.5 Å². The molecule has 3 rings (SSSR count). The number of hydrogen-bond acceptors (Lipinski definition) is 3. The van der Waals surface area contributed by atoms with E-state index in [1.165, 1.54) is 11.3 Å². The van der Waals surface area contributed by atoms with Crippen molar-refractivity contribution in [3.63, 3.8) is 0 Å². The molecule has 20 heavy (non-hydrogen) atoms. The van der Waals surface area contributed by atoms with Crippen LogP contribution in [0.3, 0.4) is 0 Å². The van der Waals surface area contributed by atoms with Gasteiger partial charge in [-0.25, -0.2) is 4.98 Å². The van der Waals surface area contributed by atoms with Crippen LogP contribution in [-0.2, 0) is 4.79 Å². The SMILES string of the molecule is O=C(Nc1nccs1)[C@@H](c1ccccc1)n1cccc1. The van der Waals surface area contributed by atoms with Gasteiger partial charge in [0, 0.05) is 24.0 Å². The molecule has 100 valence electrons. The summed E-state index contributed by atoms with van der Waals surface area (Å²) in [6.07, 6.45) is 5.45. The van der Waals surface area contributed by atoms with Crippen LogP contribution in [0.5, 0.6) is 0 Å². The van der Waals surface area contributed by atoms with Gasteiger partial charge in [-0.05, 0) is 17.7 Å². The standard InChI is InChI=1S/C15H13N3OS/c19-14(17-15-16-8-11-20-15)13(18-9-4-5-10-18)12-6-2-1-3-7-12/h1-11,13H,(H,16,17,19)/t13-/m1/s1. The van der Waals surface area contributed by atoms with Crippen LogP contribution in [0.25, 0.3) is 0 Å². The Morgan fingerprint density at radius 1 is 1.15 bits per heavy atom. The van der Waals surface area contributed by atoms with Gasteiger partial charge in [0.25, 0.3) is 5.91 Å². The third-order valence-electron chi connectivity index (χ3n) is 2.95. The third-order valence-corrected chi connectivity index (χ3v) is 3.64. The van der Waals surface area contributed by atoms with Gasteiger partial charge < -0.3 is 4.57 Å². The van der Waals surface area contributed by atoms with E-state index in [1.807, 2.05) is 64.8 Å². The van der Waals surface area contributed by atoms with E-state index in [-0.39, 0.29) is 5.91 Å². The first kappa shape index (κ1) is 12.6. The zero-order chi connectivity index (χ0) is 13.8. The Morgan fingerprint density at radius 3 is 2.55 bits per heavy atom. The third kappa shape index (κ3) is 2.62. The number of hydrogen-bond donors (Lipinski definition) is 1. The predicted molar refractivity (Wildman–Crippen MR) is 79.8 cm³/mol. The van der Waals surface area contributed by atoms with Gasteiger partial charge in [0.15, 0.2) is 5.13 Å². The molecule has 0 radical (unpaired) electrons. The molecule has 2 aromatic heterocycles. The van der Waals surface area contributed by atoms with Crippen molar-refractivity contribution < 1.29 is 4.79 Å². The number of nitrogens with one attached hydrogen (secondary N) is 1. The van der Waals surface area contributed by atoms with Gasteiger partial charge in [0.1, 0.15) is 6.04 Å². The second-order valence-electron chi connectivity index (χ2n) is 4.27. The molecule has 4 nitrogen and oxygen atoms in total. The van der Waals surface area contributed by atoms with Crippen LogP contribution in [0.2, 0.25) is 0 Å². The maximum atomic E-state index is 12.5. The molecule has 2 heterocycles.